The first kappa shape index (κ1) is 16.7. The second kappa shape index (κ2) is 8.71. The highest BCUT2D eigenvalue weighted by Crippen LogP contribution is 2.26. The van der Waals surface area contributed by atoms with Crippen LogP contribution in [0.1, 0.15) is 15.9 Å². The van der Waals surface area contributed by atoms with E-state index in [9.17, 15) is 4.79 Å². The molecule has 0 aromatic heterocycles. The maximum absolute atomic E-state index is 12.4. The van der Waals surface area contributed by atoms with Gasteiger partial charge in [-0.25, -0.2) is 0 Å². The summed E-state index contributed by atoms with van der Waals surface area (Å²) in [6.07, 6.45) is 5.60. The maximum Gasteiger partial charge on any atom is 0.191 e. The monoisotopic (exact) mass is 330 g/mol. The fourth-order valence-corrected chi connectivity index (χ4v) is 3.03. The summed E-state index contributed by atoms with van der Waals surface area (Å²) in [6.45, 7) is 0.451. The van der Waals surface area contributed by atoms with Gasteiger partial charge in [0.15, 0.2) is 5.78 Å². The summed E-state index contributed by atoms with van der Waals surface area (Å²) < 4.78 is 6.82. The van der Waals surface area contributed by atoms with E-state index in [1.807, 2.05) is 61.0 Å². The Labute approximate surface area is 140 Å². The molecule has 22 heavy (non-hydrogen) atoms. The van der Waals surface area contributed by atoms with Crippen LogP contribution in [0.5, 0.6) is 5.75 Å². The number of allylic oxidation sites excluding steroid dienone is 1. The molecule has 0 N–H and O–H groups in total. The summed E-state index contributed by atoms with van der Waals surface area (Å²) in [5.41, 5.74) is 1.67. The maximum atomic E-state index is 12.4. The molecule has 0 fully saturated rings. The van der Waals surface area contributed by atoms with Gasteiger partial charge in [0.2, 0.25) is 0 Å². The molecule has 114 valence electrons. The van der Waals surface area contributed by atoms with Gasteiger partial charge < -0.3 is 4.74 Å². The Morgan fingerprint density at radius 3 is 2.32 bits per heavy atom. The summed E-state index contributed by atoms with van der Waals surface area (Å²) in [4.78, 5) is 12.4. The van der Waals surface area contributed by atoms with Gasteiger partial charge in [0.1, 0.15) is 12.4 Å². The number of rotatable bonds is 7. The van der Waals surface area contributed by atoms with Crippen LogP contribution in [0.4, 0.5) is 0 Å². The Kier molecular flexibility index (Phi) is 6.62. The number of thioether (sulfide) groups is 2. The predicted octanol–water partition coefficient (Wildman–Crippen LogP) is 5.02. The lowest BCUT2D eigenvalue weighted by Crippen LogP contribution is -2.02. The van der Waals surface area contributed by atoms with E-state index < -0.39 is 0 Å². The van der Waals surface area contributed by atoms with Gasteiger partial charge in [-0.05, 0) is 30.2 Å². The Balaban J connectivity index is 2.16. The van der Waals surface area contributed by atoms with Crippen molar-refractivity contribution >= 4 is 29.3 Å². The quantitative estimate of drug-likeness (QED) is 0.526. The summed E-state index contributed by atoms with van der Waals surface area (Å²) in [5, 5.41) is 0. The van der Waals surface area contributed by atoms with Gasteiger partial charge in [0.05, 0.1) is 5.56 Å². The molecule has 0 aliphatic carbocycles. The van der Waals surface area contributed by atoms with E-state index >= 15 is 0 Å². The van der Waals surface area contributed by atoms with Crippen LogP contribution >= 0.6 is 23.5 Å². The number of benzene rings is 2. The van der Waals surface area contributed by atoms with Crippen molar-refractivity contribution in [2.75, 3.05) is 12.5 Å². The van der Waals surface area contributed by atoms with Crippen molar-refractivity contribution in [3.8, 4) is 5.75 Å². The molecule has 4 heteroatoms. The van der Waals surface area contributed by atoms with Gasteiger partial charge in [-0.1, -0.05) is 42.5 Å². The zero-order valence-electron chi connectivity index (χ0n) is 12.6. The van der Waals surface area contributed by atoms with Crippen LogP contribution in [0.25, 0.3) is 0 Å². The number of ketones is 1. The highest BCUT2D eigenvalue weighted by atomic mass is 32.2. The van der Waals surface area contributed by atoms with Gasteiger partial charge in [0.25, 0.3) is 0 Å². The van der Waals surface area contributed by atoms with E-state index in [1.54, 1.807) is 35.7 Å². The minimum absolute atomic E-state index is 0.0256. The second-order valence-electron chi connectivity index (χ2n) is 4.51. The first-order valence-electron chi connectivity index (χ1n) is 6.84. The van der Waals surface area contributed by atoms with Gasteiger partial charge in [-0.3, -0.25) is 4.79 Å². The van der Waals surface area contributed by atoms with E-state index in [0.717, 1.165) is 9.80 Å². The van der Waals surface area contributed by atoms with Crippen molar-refractivity contribution in [3.63, 3.8) is 0 Å². The van der Waals surface area contributed by atoms with Gasteiger partial charge in [0, 0.05) is 10.3 Å². The number of carbonyl (C=O) groups is 1. The molecule has 0 heterocycles. The third-order valence-electron chi connectivity index (χ3n) is 3.04. The molecule has 0 unspecified atom stereocenters. The van der Waals surface area contributed by atoms with Crippen molar-refractivity contribution in [2.24, 2.45) is 0 Å². The van der Waals surface area contributed by atoms with Gasteiger partial charge in [-0.2, -0.15) is 0 Å². The van der Waals surface area contributed by atoms with Crippen molar-refractivity contribution in [2.45, 2.75) is 6.61 Å². The van der Waals surface area contributed by atoms with Crippen LogP contribution in [0.3, 0.4) is 0 Å². The third kappa shape index (κ3) is 4.68. The van der Waals surface area contributed by atoms with Crippen LogP contribution < -0.4 is 4.74 Å². The molecule has 2 rings (SSSR count). The van der Waals surface area contributed by atoms with Crippen LogP contribution in [0.15, 0.2) is 64.9 Å². The van der Waals surface area contributed by atoms with Crippen molar-refractivity contribution in [1.29, 1.82) is 0 Å². The molecule has 0 saturated carbocycles. The second-order valence-corrected chi connectivity index (χ2v) is 6.46. The zero-order chi connectivity index (χ0) is 15.8. The molecule has 0 saturated heterocycles. The lowest BCUT2D eigenvalue weighted by molar-refractivity contribution is 0.104. The smallest absolute Gasteiger partial charge is 0.191 e. The van der Waals surface area contributed by atoms with Crippen molar-refractivity contribution in [3.05, 3.63) is 76.0 Å². The number of ether oxygens (including phenoxy) is 1. The van der Waals surface area contributed by atoms with Gasteiger partial charge in [-0.15, -0.1) is 23.5 Å². The van der Waals surface area contributed by atoms with E-state index in [2.05, 4.69) is 0 Å². The predicted molar refractivity (Wildman–Crippen MR) is 96.7 cm³/mol. The van der Waals surface area contributed by atoms with Crippen LogP contribution in [-0.2, 0) is 6.61 Å². The lowest BCUT2D eigenvalue weighted by Gasteiger charge is -2.10. The molecular formula is C18H18O2S2. The summed E-state index contributed by atoms with van der Waals surface area (Å²) in [5.74, 6) is 0.594. The Morgan fingerprint density at radius 2 is 1.64 bits per heavy atom. The average molecular weight is 330 g/mol. The average Bonchev–Trinajstić information content (AvgIpc) is 2.58. The normalized spacial score (nSPS) is 10.1. The highest BCUT2D eigenvalue weighted by Gasteiger charge is 2.11. The Bertz CT molecular complexity index is 645. The van der Waals surface area contributed by atoms with Crippen molar-refractivity contribution < 1.29 is 9.53 Å². The summed E-state index contributed by atoms with van der Waals surface area (Å²) in [6, 6.07) is 17.3. The number of carbonyl (C=O) groups excluding carboxylic acids is 1. The molecule has 0 bridgehead atoms. The molecule has 2 aromatic carbocycles. The molecule has 0 spiro atoms. The molecule has 0 amide bonds. The molecule has 0 atom stereocenters. The van der Waals surface area contributed by atoms with Crippen LogP contribution in [0, 0.1) is 0 Å². The molecule has 2 nitrogen and oxygen atoms in total. The topological polar surface area (TPSA) is 26.3 Å². The first-order chi connectivity index (χ1) is 10.7. The van der Waals surface area contributed by atoms with Crippen LogP contribution in [-0.4, -0.2) is 18.3 Å². The molecule has 0 aliphatic rings. The summed E-state index contributed by atoms with van der Waals surface area (Å²) in [7, 11) is 0. The van der Waals surface area contributed by atoms with Crippen LogP contribution in [0.2, 0.25) is 0 Å². The Morgan fingerprint density at radius 1 is 1.00 bits per heavy atom. The van der Waals surface area contributed by atoms with E-state index in [4.69, 9.17) is 4.74 Å². The molecular weight excluding hydrogens is 312 g/mol. The number of para-hydroxylation sites is 1. The van der Waals surface area contributed by atoms with Gasteiger partial charge >= 0.3 is 0 Å². The molecule has 0 radical (unpaired) electrons. The molecule has 0 aliphatic heterocycles. The van der Waals surface area contributed by atoms with E-state index in [0.29, 0.717) is 17.9 Å². The standard InChI is InChI=1S/C18H18O2S2/c1-21-18(22-2)12-16(19)15-10-6-7-11-17(15)20-13-14-8-4-3-5-9-14/h3-12H,13H2,1-2H3. The van der Waals surface area contributed by atoms with E-state index in [-0.39, 0.29) is 5.78 Å². The third-order valence-corrected chi connectivity index (χ3v) is 5.08. The zero-order valence-corrected chi connectivity index (χ0v) is 14.2. The lowest BCUT2D eigenvalue weighted by atomic mass is 10.1. The SMILES string of the molecule is CSC(=CC(=O)c1ccccc1OCc1ccccc1)SC. The number of hydrogen-bond donors (Lipinski definition) is 0. The van der Waals surface area contributed by atoms with E-state index in [1.165, 1.54) is 0 Å². The Hall–Kier alpha value is -1.65. The minimum atomic E-state index is -0.0256. The highest BCUT2D eigenvalue weighted by molar-refractivity contribution is 8.21. The fraction of sp³-hybridized carbons (Fsp3) is 0.167. The van der Waals surface area contributed by atoms with Crippen molar-refractivity contribution in [1.82, 2.24) is 0 Å². The minimum Gasteiger partial charge on any atom is -0.488 e. The first-order valence-corrected chi connectivity index (χ1v) is 9.29. The largest absolute Gasteiger partial charge is 0.488 e. The summed E-state index contributed by atoms with van der Waals surface area (Å²) >= 11 is 3.14. The number of hydrogen-bond acceptors (Lipinski definition) is 4. The molecule has 2 aromatic rings. The fourth-order valence-electron chi connectivity index (χ4n) is 1.92.